The van der Waals surface area contributed by atoms with Crippen LogP contribution in [0.3, 0.4) is 0 Å². The fourth-order valence-electron chi connectivity index (χ4n) is 1.44. The summed E-state index contributed by atoms with van der Waals surface area (Å²) in [6, 6.07) is 8.68. The summed E-state index contributed by atoms with van der Waals surface area (Å²) >= 11 is 1.59. The van der Waals surface area contributed by atoms with E-state index >= 15 is 0 Å². The van der Waals surface area contributed by atoms with Crippen LogP contribution in [0.2, 0.25) is 0 Å². The van der Waals surface area contributed by atoms with E-state index in [9.17, 15) is 4.79 Å². The summed E-state index contributed by atoms with van der Waals surface area (Å²) in [6.07, 6.45) is 1.69. The molecule has 0 unspecified atom stereocenters. The zero-order valence-corrected chi connectivity index (χ0v) is 10.6. The van der Waals surface area contributed by atoms with E-state index in [-0.39, 0.29) is 5.56 Å². The number of carboxylic acid groups (broad SMARTS) is 1. The van der Waals surface area contributed by atoms with E-state index < -0.39 is 5.97 Å². The zero-order valence-electron chi connectivity index (χ0n) is 9.75. The summed E-state index contributed by atoms with van der Waals surface area (Å²) in [5, 5.41) is 15.1. The lowest BCUT2D eigenvalue weighted by Crippen LogP contribution is -2.02. The Labute approximate surface area is 109 Å². The number of hydrogen-bond donors (Lipinski definition) is 2. The lowest BCUT2D eigenvalue weighted by atomic mass is 10.2. The number of aryl methyl sites for hydroxylation is 1. The third-order valence-corrected chi connectivity index (χ3v) is 3.38. The minimum absolute atomic E-state index is 0.206. The number of carboxylic acids is 1. The molecule has 0 radical (unpaired) electrons. The molecule has 0 fully saturated rings. The second-order valence-electron chi connectivity index (χ2n) is 3.69. The van der Waals surface area contributed by atoms with Crippen molar-refractivity contribution in [3.63, 3.8) is 0 Å². The van der Waals surface area contributed by atoms with E-state index in [0.717, 1.165) is 10.4 Å². The quantitative estimate of drug-likeness (QED) is 0.655. The number of hydrazone groups is 1. The lowest BCUT2D eigenvalue weighted by molar-refractivity contribution is 0.0698. The Morgan fingerprint density at radius 2 is 2.17 bits per heavy atom. The fourth-order valence-corrected chi connectivity index (χ4v) is 2.23. The summed E-state index contributed by atoms with van der Waals surface area (Å²) in [7, 11) is 0. The van der Waals surface area contributed by atoms with E-state index in [0.29, 0.717) is 5.69 Å². The molecule has 5 heteroatoms. The molecule has 1 aromatic heterocycles. The zero-order chi connectivity index (χ0) is 13.0. The van der Waals surface area contributed by atoms with Gasteiger partial charge < -0.3 is 5.11 Å². The first-order chi connectivity index (χ1) is 8.68. The van der Waals surface area contributed by atoms with Gasteiger partial charge in [0.05, 0.1) is 17.5 Å². The van der Waals surface area contributed by atoms with Crippen LogP contribution in [0.1, 0.15) is 20.8 Å². The van der Waals surface area contributed by atoms with Crippen LogP contribution >= 0.6 is 11.3 Å². The molecule has 92 valence electrons. The van der Waals surface area contributed by atoms with Crippen molar-refractivity contribution in [2.75, 3.05) is 5.43 Å². The van der Waals surface area contributed by atoms with Gasteiger partial charge in [0, 0.05) is 4.88 Å². The molecule has 0 atom stereocenters. The Bertz CT molecular complexity index is 590. The fraction of sp³-hybridized carbons (Fsp3) is 0.0769. The summed E-state index contributed by atoms with van der Waals surface area (Å²) < 4.78 is 0. The number of hydrogen-bond acceptors (Lipinski definition) is 4. The number of aromatic carboxylic acids is 1. The standard InChI is InChI=1S/C13H12N2O2S/c1-9-6-7-18-12(9)8-14-15-11-5-3-2-4-10(11)13(16)17/h2-8,15H,1H3,(H,16,17)/b14-8+. The molecule has 1 aromatic carbocycles. The van der Waals surface area contributed by atoms with E-state index in [2.05, 4.69) is 10.5 Å². The van der Waals surface area contributed by atoms with Crippen molar-refractivity contribution >= 4 is 29.2 Å². The first-order valence-electron chi connectivity index (χ1n) is 5.34. The molecule has 0 aliphatic carbocycles. The Balaban J connectivity index is 2.14. The Kier molecular flexibility index (Phi) is 3.74. The molecule has 0 spiro atoms. The second-order valence-corrected chi connectivity index (χ2v) is 4.64. The van der Waals surface area contributed by atoms with Crippen LogP contribution in [-0.4, -0.2) is 17.3 Å². The van der Waals surface area contributed by atoms with E-state index in [1.54, 1.807) is 35.8 Å². The topological polar surface area (TPSA) is 61.7 Å². The third kappa shape index (κ3) is 2.75. The van der Waals surface area contributed by atoms with Gasteiger partial charge >= 0.3 is 5.97 Å². The molecule has 0 amide bonds. The molecule has 18 heavy (non-hydrogen) atoms. The second kappa shape index (κ2) is 5.46. The number of nitrogens with zero attached hydrogens (tertiary/aromatic N) is 1. The van der Waals surface area contributed by atoms with Gasteiger partial charge in [-0.15, -0.1) is 11.3 Å². The molecule has 2 N–H and O–H groups in total. The van der Waals surface area contributed by atoms with E-state index in [1.165, 1.54) is 6.07 Å². The van der Waals surface area contributed by atoms with Crippen LogP contribution in [-0.2, 0) is 0 Å². The van der Waals surface area contributed by atoms with Gasteiger partial charge in [0.2, 0.25) is 0 Å². The monoisotopic (exact) mass is 260 g/mol. The highest BCUT2D eigenvalue weighted by molar-refractivity contribution is 7.11. The molecule has 0 saturated heterocycles. The first kappa shape index (κ1) is 12.3. The average molecular weight is 260 g/mol. The summed E-state index contributed by atoms with van der Waals surface area (Å²) in [5.74, 6) is -0.972. The predicted octanol–water partition coefficient (Wildman–Crippen LogP) is 3.20. The van der Waals surface area contributed by atoms with Crippen LogP contribution in [0.25, 0.3) is 0 Å². The number of nitrogens with one attached hydrogen (secondary N) is 1. The van der Waals surface area contributed by atoms with Crippen molar-refractivity contribution in [3.8, 4) is 0 Å². The third-order valence-electron chi connectivity index (χ3n) is 2.43. The van der Waals surface area contributed by atoms with Crippen molar-refractivity contribution in [3.05, 3.63) is 51.7 Å². The van der Waals surface area contributed by atoms with Crippen molar-refractivity contribution in [1.29, 1.82) is 0 Å². The number of benzene rings is 1. The Hall–Kier alpha value is -2.14. The molecule has 0 bridgehead atoms. The van der Waals surface area contributed by atoms with Gasteiger partial charge in [0.1, 0.15) is 0 Å². The predicted molar refractivity (Wildman–Crippen MR) is 73.7 cm³/mol. The van der Waals surface area contributed by atoms with Crippen LogP contribution in [0.15, 0.2) is 40.8 Å². The smallest absolute Gasteiger partial charge is 0.337 e. The summed E-state index contributed by atoms with van der Waals surface area (Å²) in [4.78, 5) is 12.0. The molecule has 1 heterocycles. The summed E-state index contributed by atoms with van der Waals surface area (Å²) in [5.41, 5.74) is 4.59. The number of anilines is 1. The maximum absolute atomic E-state index is 11.0. The molecule has 0 aliphatic heterocycles. The number of thiophene rings is 1. The van der Waals surface area contributed by atoms with Gasteiger partial charge in [0.15, 0.2) is 0 Å². The average Bonchev–Trinajstić information content (AvgIpc) is 2.76. The highest BCUT2D eigenvalue weighted by atomic mass is 32.1. The van der Waals surface area contributed by atoms with Crippen LogP contribution in [0.4, 0.5) is 5.69 Å². The van der Waals surface area contributed by atoms with Gasteiger partial charge in [-0.1, -0.05) is 12.1 Å². The normalized spacial score (nSPS) is 10.7. The SMILES string of the molecule is Cc1ccsc1/C=N/Nc1ccccc1C(=O)O. The van der Waals surface area contributed by atoms with Crippen molar-refractivity contribution in [1.82, 2.24) is 0 Å². The minimum atomic E-state index is -0.972. The Morgan fingerprint density at radius 1 is 1.39 bits per heavy atom. The number of carbonyl (C=O) groups is 1. The minimum Gasteiger partial charge on any atom is -0.478 e. The van der Waals surface area contributed by atoms with E-state index in [1.807, 2.05) is 18.4 Å². The molecular weight excluding hydrogens is 248 g/mol. The van der Waals surface area contributed by atoms with Gasteiger partial charge in [0.25, 0.3) is 0 Å². The van der Waals surface area contributed by atoms with Gasteiger partial charge in [-0.05, 0) is 36.1 Å². The highest BCUT2D eigenvalue weighted by Gasteiger charge is 2.07. The van der Waals surface area contributed by atoms with Gasteiger partial charge in [-0.3, -0.25) is 5.43 Å². The Morgan fingerprint density at radius 3 is 2.83 bits per heavy atom. The maximum atomic E-state index is 11.0. The summed E-state index contributed by atoms with van der Waals surface area (Å²) in [6.45, 7) is 2.00. The van der Waals surface area contributed by atoms with Crippen LogP contribution in [0.5, 0.6) is 0 Å². The maximum Gasteiger partial charge on any atom is 0.337 e. The largest absolute Gasteiger partial charge is 0.478 e. The first-order valence-corrected chi connectivity index (χ1v) is 6.22. The molecule has 0 saturated carbocycles. The van der Waals surface area contributed by atoms with Crippen LogP contribution < -0.4 is 5.43 Å². The van der Waals surface area contributed by atoms with Gasteiger partial charge in [-0.2, -0.15) is 5.10 Å². The van der Waals surface area contributed by atoms with Crippen molar-refractivity contribution in [2.45, 2.75) is 6.92 Å². The van der Waals surface area contributed by atoms with E-state index in [4.69, 9.17) is 5.11 Å². The molecule has 0 aliphatic rings. The number of rotatable bonds is 4. The van der Waals surface area contributed by atoms with Crippen LogP contribution in [0, 0.1) is 6.92 Å². The number of para-hydroxylation sites is 1. The lowest BCUT2D eigenvalue weighted by Gasteiger charge is -2.03. The highest BCUT2D eigenvalue weighted by Crippen LogP contribution is 2.16. The molecule has 2 aromatic rings. The molecule has 4 nitrogen and oxygen atoms in total. The van der Waals surface area contributed by atoms with Crippen molar-refractivity contribution < 1.29 is 9.90 Å². The van der Waals surface area contributed by atoms with Crippen molar-refractivity contribution in [2.24, 2.45) is 5.10 Å². The molecule has 2 rings (SSSR count). The molecular formula is C13H12N2O2S. The van der Waals surface area contributed by atoms with Gasteiger partial charge in [-0.25, -0.2) is 4.79 Å².